The third kappa shape index (κ3) is 4.43. The molecular weight excluding hydrogens is 394 g/mol. The van der Waals surface area contributed by atoms with E-state index < -0.39 is 5.97 Å². The molecule has 0 saturated heterocycles. The van der Waals surface area contributed by atoms with Gasteiger partial charge in [-0.1, -0.05) is 0 Å². The van der Waals surface area contributed by atoms with Gasteiger partial charge < -0.3 is 19.0 Å². The lowest BCUT2D eigenvalue weighted by atomic mass is 10.1. The van der Waals surface area contributed by atoms with Gasteiger partial charge in [-0.25, -0.2) is 9.79 Å². The molecule has 0 amide bonds. The summed E-state index contributed by atoms with van der Waals surface area (Å²) in [6.45, 7) is 2.48. The van der Waals surface area contributed by atoms with Crippen molar-refractivity contribution in [1.82, 2.24) is 0 Å². The fourth-order valence-electron chi connectivity index (χ4n) is 3.21. The molecule has 0 aliphatic rings. The molecule has 0 atom stereocenters. The fourth-order valence-corrected chi connectivity index (χ4v) is 3.21. The van der Waals surface area contributed by atoms with Gasteiger partial charge in [0.1, 0.15) is 22.8 Å². The summed E-state index contributed by atoms with van der Waals surface area (Å²) in [6.07, 6.45) is 0. The number of ether oxygens (including phenoxy) is 2. The Balaban J connectivity index is 1.90. The molecule has 0 unspecified atom stereocenters. The van der Waals surface area contributed by atoms with Crippen LogP contribution in [-0.2, 0) is 0 Å². The van der Waals surface area contributed by atoms with E-state index >= 15 is 0 Å². The second-order valence-electron chi connectivity index (χ2n) is 6.78. The van der Waals surface area contributed by atoms with E-state index in [9.17, 15) is 4.79 Å². The molecule has 1 aromatic heterocycles. The van der Waals surface area contributed by atoms with Crippen molar-refractivity contribution < 1.29 is 23.8 Å². The lowest BCUT2D eigenvalue weighted by Crippen LogP contribution is -2.04. The molecule has 0 radical (unpaired) electrons. The molecule has 6 nitrogen and oxygen atoms in total. The van der Waals surface area contributed by atoms with Crippen molar-refractivity contribution in [1.29, 1.82) is 0 Å². The zero-order valence-corrected chi connectivity index (χ0v) is 17.2. The third-order valence-electron chi connectivity index (χ3n) is 4.76. The molecule has 1 N–H and O–H groups in total. The minimum absolute atomic E-state index is 0.212. The van der Waals surface area contributed by atoms with Crippen LogP contribution >= 0.6 is 0 Å². The molecule has 1 heterocycles. The molecule has 0 saturated carbocycles. The predicted octanol–water partition coefficient (Wildman–Crippen LogP) is 5.44. The Morgan fingerprint density at radius 2 is 1.68 bits per heavy atom. The Hall–Kier alpha value is -4.06. The van der Waals surface area contributed by atoms with Crippen LogP contribution in [0.2, 0.25) is 0 Å². The Kier molecular flexibility index (Phi) is 5.71. The van der Waals surface area contributed by atoms with Gasteiger partial charge in [-0.2, -0.15) is 0 Å². The van der Waals surface area contributed by atoms with Crippen LogP contribution in [0.5, 0.6) is 11.5 Å². The number of fused-ring (bicyclic) bond motifs is 1. The van der Waals surface area contributed by atoms with Gasteiger partial charge in [0.2, 0.25) is 0 Å². The first-order valence-electron chi connectivity index (χ1n) is 9.80. The number of nitrogens with zero attached hydrogens (tertiary/aromatic N) is 1. The smallest absolute Gasteiger partial charge is 0.335 e. The van der Waals surface area contributed by atoms with Crippen molar-refractivity contribution in [2.45, 2.75) is 6.92 Å². The van der Waals surface area contributed by atoms with E-state index in [2.05, 4.69) is 0 Å². The van der Waals surface area contributed by atoms with Crippen LogP contribution in [0.15, 0.2) is 82.2 Å². The SMILES string of the molecule is CCOc1ccc2oc(-c3ccc(OC)cc3)cc(=Nc3ccc(C(=O)O)cc3)c2c1. The first-order chi connectivity index (χ1) is 15.1. The molecule has 0 spiro atoms. The number of rotatable bonds is 6. The number of carboxylic acid groups (broad SMARTS) is 1. The first kappa shape index (κ1) is 20.2. The van der Waals surface area contributed by atoms with E-state index in [0.29, 0.717) is 29.0 Å². The van der Waals surface area contributed by atoms with Crippen molar-refractivity contribution in [2.24, 2.45) is 4.99 Å². The quantitative estimate of drug-likeness (QED) is 0.454. The summed E-state index contributed by atoms with van der Waals surface area (Å²) in [5.41, 5.74) is 2.40. The first-order valence-corrected chi connectivity index (χ1v) is 9.80. The van der Waals surface area contributed by atoms with Crippen molar-refractivity contribution in [3.05, 3.63) is 83.7 Å². The highest BCUT2D eigenvalue weighted by Gasteiger charge is 2.09. The standard InChI is InChI=1S/C25H21NO5/c1-3-30-20-12-13-23-21(14-20)22(26-18-8-4-17(5-9-18)25(27)28)15-24(31-23)16-6-10-19(29-2)11-7-16/h4-15H,3H2,1-2H3,(H,27,28). The van der Waals surface area contributed by atoms with Crippen LogP contribution in [0.1, 0.15) is 17.3 Å². The van der Waals surface area contributed by atoms with Gasteiger partial charge in [0.05, 0.1) is 30.3 Å². The van der Waals surface area contributed by atoms with Crippen molar-refractivity contribution in [3.63, 3.8) is 0 Å². The predicted molar refractivity (Wildman–Crippen MR) is 118 cm³/mol. The van der Waals surface area contributed by atoms with Gasteiger partial charge >= 0.3 is 5.97 Å². The molecule has 4 aromatic rings. The third-order valence-corrected chi connectivity index (χ3v) is 4.76. The fraction of sp³-hybridized carbons (Fsp3) is 0.120. The average Bonchev–Trinajstić information content (AvgIpc) is 2.80. The summed E-state index contributed by atoms with van der Waals surface area (Å²) < 4.78 is 17.0. The van der Waals surface area contributed by atoms with Gasteiger partial charge in [-0.3, -0.25) is 0 Å². The summed E-state index contributed by atoms with van der Waals surface area (Å²) in [5.74, 6) is 1.16. The highest BCUT2D eigenvalue weighted by atomic mass is 16.5. The average molecular weight is 415 g/mol. The second-order valence-corrected chi connectivity index (χ2v) is 6.78. The molecule has 6 heteroatoms. The normalized spacial score (nSPS) is 11.5. The summed E-state index contributed by atoms with van der Waals surface area (Å²) in [6, 6.07) is 21.5. The lowest BCUT2D eigenvalue weighted by Gasteiger charge is -2.08. The van der Waals surface area contributed by atoms with Crippen LogP contribution < -0.4 is 14.8 Å². The molecule has 4 rings (SSSR count). The maximum absolute atomic E-state index is 11.1. The van der Waals surface area contributed by atoms with Gasteiger partial charge in [-0.05, 0) is 73.7 Å². The maximum atomic E-state index is 11.1. The topological polar surface area (TPSA) is 81.3 Å². The monoisotopic (exact) mass is 415 g/mol. The van der Waals surface area contributed by atoms with Crippen LogP contribution in [0.3, 0.4) is 0 Å². The summed E-state index contributed by atoms with van der Waals surface area (Å²) >= 11 is 0. The number of benzene rings is 3. The van der Waals surface area contributed by atoms with E-state index in [1.807, 2.05) is 55.5 Å². The Morgan fingerprint density at radius 1 is 0.968 bits per heavy atom. The van der Waals surface area contributed by atoms with Crippen LogP contribution in [-0.4, -0.2) is 24.8 Å². The van der Waals surface area contributed by atoms with E-state index in [1.54, 1.807) is 19.2 Å². The molecule has 0 aliphatic carbocycles. The van der Waals surface area contributed by atoms with Gasteiger partial charge in [-0.15, -0.1) is 0 Å². The minimum Gasteiger partial charge on any atom is -0.497 e. The number of aromatic carboxylic acids is 1. The number of methoxy groups -OCH3 is 1. The van der Waals surface area contributed by atoms with Gasteiger partial charge in [0.25, 0.3) is 0 Å². The molecule has 3 aromatic carbocycles. The molecule has 31 heavy (non-hydrogen) atoms. The zero-order chi connectivity index (χ0) is 21.8. The van der Waals surface area contributed by atoms with Crippen LogP contribution in [0, 0.1) is 0 Å². The van der Waals surface area contributed by atoms with Gasteiger partial charge in [0.15, 0.2) is 0 Å². The molecule has 0 aliphatic heterocycles. The molecule has 0 bridgehead atoms. The van der Waals surface area contributed by atoms with Crippen LogP contribution in [0.4, 0.5) is 5.69 Å². The lowest BCUT2D eigenvalue weighted by molar-refractivity contribution is 0.0697. The molecular formula is C25H21NO5. The van der Waals surface area contributed by atoms with E-state index in [4.69, 9.17) is 24.0 Å². The van der Waals surface area contributed by atoms with Crippen molar-refractivity contribution in [2.75, 3.05) is 13.7 Å². The van der Waals surface area contributed by atoms with E-state index in [0.717, 1.165) is 22.4 Å². The Bertz CT molecular complexity index is 1290. The van der Waals surface area contributed by atoms with Crippen LogP contribution in [0.25, 0.3) is 22.3 Å². The number of hydrogen-bond acceptors (Lipinski definition) is 5. The number of carboxylic acids is 1. The maximum Gasteiger partial charge on any atom is 0.335 e. The highest BCUT2D eigenvalue weighted by molar-refractivity contribution is 5.88. The number of carbonyl (C=O) groups is 1. The highest BCUT2D eigenvalue weighted by Crippen LogP contribution is 2.27. The Morgan fingerprint density at radius 3 is 2.32 bits per heavy atom. The zero-order valence-electron chi connectivity index (χ0n) is 17.2. The van der Waals surface area contributed by atoms with E-state index in [1.165, 1.54) is 12.1 Å². The largest absolute Gasteiger partial charge is 0.497 e. The number of hydrogen-bond donors (Lipinski definition) is 1. The molecule has 0 fully saturated rings. The van der Waals surface area contributed by atoms with Gasteiger partial charge in [0, 0.05) is 17.0 Å². The van der Waals surface area contributed by atoms with E-state index in [-0.39, 0.29) is 5.56 Å². The minimum atomic E-state index is -0.973. The summed E-state index contributed by atoms with van der Waals surface area (Å²) in [7, 11) is 1.62. The summed E-state index contributed by atoms with van der Waals surface area (Å²) in [4.78, 5) is 15.9. The van der Waals surface area contributed by atoms with Crippen molar-refractivity contribution >= 4 is 22.6 Å². The Labute approximate surface area is 179 Å². The summed E-state index contributed by atoms with van der Waals surface area (Å²) in [5, 5.41) is 10.6. The molecule has 156 valence electrons. The van der Waals surface area contributed by atoms with Crippen molar-refractivity contribution in [3.8, 4) is 22.8 Å². The second kappa shape index (κ2) is 8.75.